The molecule has 5 rings (SSSR count). The third-order valence-electron chi connectivity index (χ3n) is 6.05. The predicted molar refractivity (Wildman–Crippen MR) is 103 cm³/mol. The highest BCUT2D eigenvalue weighted by Crippen LogP contribution is 2.40. The van der Waals surface area contributed by atoms with Crippen LogP contribution in [0.1, 0.15) is 48.2 Å². The highest BCUT2D eigenvalue weighted by atomic mass is 16.7. The fourth-order valence-electron chi connectivity index (χ4n) is 4.15. The first kappa shape index (κ1) is 17.6. The van der Waals surface area contributed by atoms with E-state index < -0.39 is 5.79 Å². The van der Waals surface area contributed by atoms with E-state index in [1.165, 1.54) is 37.9 Å². The Morgan fingerprint density at radius 1 is 1.21 bits per heavy atom. The van der Waals surface area contributed by atoms with Gasteiger partial charge in [-0.15, -0.1) is 0 Å². The number of hydrogen-bond donors (Lipinski definition) is 1. The minimum Gasteiger partial charge on any atom is -0.462 e. The SMILES string of the molecule is O=C(Nc1ccc2c(c1)COC1(CCN(C3CCC3)CC1)O2)c1cnccn1. The van der Waals surface area contributed by atoms with E-state index in [9.17, 15) is 4.79 Å². The van der Waals surface area contributed by atoms with Gasteiger partial charge < -0.3 is 14.8 Å². The van der Waals surface area contributed by atoms with Gasteiger partial charge in [-0.25, -0.2) is 4.98 Å². The number of likely N-dealkylation sites (tertiary alicyclic amines) is 1. The first-order valence-electron chi connectivity index (χ1n) is 9.98. The van der Waals surface area contributed by atoms with Crippen LogP contribution in [0.25, 0.3) is 0 Å². The highest BCUT2D eigenvalue weighted by molar-refractivity contribution is 6.02. The number of ether oxygens (including phenoxy) is 2. The van der Waals surface area contributed by atoms with Crippen LogP contribution < -0.4 is 10.1 Å². The maximum atomic E-state index is 12.3. The molecule has 1 saturated carbocycles. The van der Waals surface area contributed by atoms with Gasteiger partial charge in [-0.2, -0.15) is 0 Å². The van der Waals surface area contributed by atoms with Gasteiger partial charge in [0.15, 0.2) is 0 Å². The number of carbonyl (C=O) groups is 1. The smallest absolute Gasteiger partial charge is 0.275 e. The van der Waals surface area contributed by atoms with E-state index in [0.717, 1.165) is 43.3 Å². The van der Waals surface area contributed by atoms with Crippen LogP contribution in [0.15, 0.2) is 36.8 Å². The predicted octanol–water partition coefficient (Wildman–Crippen LogP) is 2.98. The second kappa shape index (κ2) is 7.14. The average molecular weight is 380 g/mol. The maximum Gasteiger partial charge on any atom is 0.275 e. The number of fused-ring (bicyclic) bond motifs is 1. The van der Waals surface area contributed by atoms with Crippen molar-refractivity contribution in [2.24, 2.45) is 0 Å². The van der Waals surface area contributed by atoms with E-state index in [1.807, 2.05) is 18.2 Å². The molecule has 146 valence electrons. The number of amides is 1. The number of anilines is 1. The quantitative estimate of drug-likeness (QED) is 0.882. The Labute approximate surface area is 164 Å². The lowest BCUT2D eigenvalue weighted by Crippen LogP contribution is -2.54. The largest absolute Gasteiger partial charge is 0.462 e. The minimum atomic E-state index is -0.502. The van der Waals surface area contributed by atoms with Crippen molar-refractivity contribution in [1.29, 1.82) is 0 Å². The number of benzene rings is 1. The Balaban J connectivity index is 1.24. The Hall–Kier alpha value is -2.51. The normalized spacial score (nSPS) is 21.4. The molecule has 3 heterocycles. The molecule has 7 heteroatoms. The van der Waals surface area contributed by atoms with E-state index in [4.69, 9.17) is 9.47 Å². The van der Waals surface area contributed by atoms with Crippen molar-refractivity contribution in [1.82, 2.24) is 14.9 Å². The van der Waals surface area contributed by atoms with Crippen molar-refractivity contribution in [3.05, 3.63) is 48.0 Å². The van der Waals surface area contributed by atoms with Crippen molar-refractivity contribution >= 4 is 11.6 Å². The van der Waals surface area contributed by atoms with Crippen molar-refractivity contribution in [3.8, 4) is 5.75 Å². The first-order chi connectivity index (χ1) is 13.7. The molecule has 1 amide bonds. The number of piperidine rings is 1. The number of hydrogen-bond acceptors (Lipinski definition) is 6. The summed E-state index contributed by atoms with van der Waals surface area (Å²) in [6, 6.07) is 6.45. The zero-order chi connectivity index (χ0) is 19.0. The fraction of sp³-hybridized carbons (Fsp3) is 0.476. The van der Waals surface area contributed by atoms with E-state index in [0.29, 0.717) is 12.3 Å². The summed E-state index contributed by atoms with van der Waals surface area (Å²) in [6.07, 6.45) is 10.3. The molecule has 3 aliphatic rings. The molecular formula is C21H24N4O3. The topological polar surface area (TPSA) is 76.6 Å². The highest BCUT2D eigenvalue weighted by Gasteiger charge is 2.42. The van der Waals surface area contributed by atoms with Gasteiger partial charge in [0.2, 0.25) is 5.79 Å². The Morgan fingerprint density at radius 3 is 2.79 bits per heavy atom. The molecule has 1 aliphatic carbocycles. The molecule has 2 aromatic rings. The summed E-state index contributed by atoms with van der Waals surface area (Å²) in [6.45, 7) is 2.56. The standard InChI is InChI=1S/C21H24N4O3/c26-20(18-13-22-8-9-23-18)24-16-4-5-19-15(12-16)14-27-21(28-19)6-10-25(11-7-21)17-2-1-3-17/h4-5,8-9,12-13,17H,1-3,6-7,10-11,14H2,(H,24,26). The molecular weight excluding hydrogens is 356 g/mol. The third-order valence-corrected chi connectivity index (χ3v) is 6.05. The van der Waals surface area contributed by atoms with Gasteiger partial charge >= 0.3 is 0 Å². The number of aromatic nitrogens is 2. The third kappa shape index (κ3) is 3.36. The van der Waals surface area contributed by atoms with Gasteiger partial charge in [-0.05, 0) is 31.0 Å². The lowest BCUT2D eigenvalue weighted by atomic mass is 9.89. The van der Waals surface area contributed by atoms with Crippen LogP contribution in [-0.4, -0.2) is 45.7 Å². The number of rotatable bonds is 3. The molecule has 2 aliphatic heterocycles. The van der Waals surface area contributed by atoms with Gasteiger partial charge in [-0.3, -0.25) is 14.7 Å². The molecule has 0 radical (unpaired) electrons. The van der Waals surface area contributed by atoms with Crippen LogP contribution in [-0.2, 0) is 11.3 Å². The molecule has 1 aromatic carbocycles. The molecule has 28 heavy (non-hydrogen) atoms. The molecule has 1 aromatic heterocycles. The summed E-state index contributed by atoms with van der Waals surface area (Å²) in [7, 11) is 0. The zero-order valence-corrected chi connectivity index (χ0v) is 15.8. The Kier molecular flexibility index (Phi) is 4.49. The zero-order valence-electron chi connectivity index (χ0n) is 15.8. The number of carbonyl (C=O) groups excluding carboxylic acids is 1. The molecule has 0 atom stereocenters. The molecule has 1 spiro atoms. The maximum absolute atomic E-state index is 12.3. The van der Waals surface area contributed by atoms with Crippen molar-refractivity contribution in [3.63, 3.8) is 0 Å². The van der Waals surface area contributed by atoms with Gasteiger partial charge in [0.1, 0.15) is 11.4 Å². The summed E-state index contributed by atoms with van der Waals surface area (Å²) < 4.78 is 12.5. The van der Waals surface area contributed by atoms with Crippen LogP contribution in [0.4, 0.5) is 5.69 Å². The van der Waals surface area contributed by atoms with Gasteiger partial charge in [-0.1, -0.05) is 6.42 Å². The summed E-state index contributed by atoms with van der Waals surface area (Å²) in [5.41, 5.74) is 1.92. The molecule has 1 N–H and O–H groups in total. The van der Waals surface area contributed by atoms with Crippen molar-refractivity contribution in [2.75, 3.05) is 18.4 Å². The molecule has 0 bridgehead atoms. The van der Waals surface area contributed by atoms with E-state index in [2.05, 4.69) is 20.2 Å². The second-order valence-corrected chi connectivity index (χ2v) is 7.79. The van der Waals surface area contributed by atoms with Gasteiger partial charge in [0.05, 0.1) is 12.8 Å². The number of nitrogens with zero attached hydrogens (tertiary/aromatic N) is 3. The summed E-state index contributed by atoms with van der Waals surface area (Å²) in [5.74, 6) is 0.0591. The molecule has 1 saturated heterocycles. The minimum absolute atomic E-state index is 0.282. The molecule has 0 unspecified atom stereocenters. The summed E-state index contributed by atoms with van der Waals surface area (Å²) in [4.78, 5) is 22.8. The first-order valence-corrected chi connectivity index (χ1v) is 9.98. The van der Waals surface area contributed by atoms with Crippen LogP contribution in [0.2, 0.25) is 0 Å². The second-order valence-electron chi connectivity index (χ2n) is 7.79. The van der Waals surface area contributed by atoms with E-state index in [1.54, 1.807) is 0 Å². The molecule has 7 nitrogen and oxygen atoms in total. The Morgan fingerprint density at radius 2 is 2.07 bits per heavy atom. The lowest BCUT2D eigenvalue weighted by molar-refractivity contribution is -0.231. The fourth-order valence-corrected chi connectivity index (χ4v) is 4.15. The Bertz CT molecular complexity index is 861. The van der Waals surface area contributed by atoms with E-state index in [-0.39, 0.29) is 11.6 Å². The van der Waals surface area contributed by atoms with Crippen LogP contribution >= 0.6 is 0 Å². The lowest BCUT2D eigenvalue weighted by Gasteiger charge is -2.47. The summed E-state index contributed by atoms with van der Waals surface area (Å²) in [5, 5.41) is 2.85. The number of nitrogens with one attached hydrogen (secondary N) is 1. The van der Waals surface area contributed by atoms with Crippen molar-refractivity contribution in [2.45, 2.75) is 50.5 Å². The van der Waals surface area contributed by atoms with Crippen LogP contribution in [0.3, 0.4) is 0 Å². The molecule has 2 fully saturated rings. The van der Waals surface area contributed by atoms with E-state index >= 15 is 0 Å². The van der Waals surface area contributed by atoms with Crippen LogP contribution in [0.5, 0.6) is 5.75 Å². The van der Waals surface area contributed by atoms with Crippen molar-refractivity contribution < 1.29 is 14.3 Å². The average Bonchev–Trinajstić information content (AvgIpc) is 2.69. The van der Waals surface area contributed by atoms with Gasteiger partial charge in [0.25, 0.3) is 5.91 Å². The summed E-state index contributed by atoms with van der Waals surface area (Å²) >= 11 is 0. The monoisotopic (exact) mass is 380 g/mol. The van der Waals surface area contributed by atoms with Crippen LogP contribution in [0, 0.1) is 0 Å². The van der Waals surface area contributed by atoms with Gasteiger partial charge in [0, 0.05) is 55.6 Å².